The second kappa shape index (κ2) is 6.15. The minimum atomic E-state index is -3.86. The second-order valence-electron chi connectivity index (χ2n) is 4.75. The summed E-state index contributed by atoms with van der Waals surface area (Å²) in [5.74, 6) is 0. The molecule has 2 aromatic rings. The second-order valence-corrected chi connectivity index (χ2v) is 6.33. The lowest BCUT2D eigenvalue weighted by Crippen LogP contribution is -2.13. The minimum absolute atomic E-state index is 0.0620. The lowest BCUT2D eigenvalue weighted by molar-refractivity contribution is 0.0249. The first kappa shape index (κ1) is 15.1. The first-order chi connectivity index (χ1) is 11.1. The fourth-order valence-corrected chi connectivity index (χ4v) is 2.91. The normalized spacial score (nSPS) is 16.0. The van der Waals surface area contributed by atoms with Crippen LogP contribution in [-0.4, -0.2) is 18.7 Å². The van der Waals surface area contributed by atoms with Crippen LogP contribution in [-0.2, 0) is 10.0 Å². The lowest BCUT2D eigenvalue weighted by Gasteiger charge is -2.21. The smallest absolute Gasteiger partial charge is 0.284 e. The van der Waals surface area contributed by atoms with Gasteiger partial charge in [0, 0.05) is 11.8 Å². The first-order valence-corrected chi connectivity index (χ1v) is 8.20. The van der Waals surface area contributed by atoms with Crippen molar-refractivity contribution < 1.29 is 13.6 Å². The fraction of sp³-hybridized carbons (Fsp3) is 0. The molecular weight excluding hydrogens is 314 g/mol. The van der Waals surface area contributed by atoms with Gasteiger partial charge < -0.3 is 0 Å². The molecule has 1 N–H and O–H groups in total. The molecule has 1 aliphatic heterocycles. The maximum atomic E-state index is 12.0. The van der Waals surface area contributed by atoms with Crippen molar-refractivity contribution in [2.45, 2.75) is 4.90 Å². The van der Waals surface area contributed by atoms with Crippen LogP contribution < -0.4 is 0 Å². The third-order valence-electron chi connectivity index (χ3n) is 3.25. The van der Waals surface area contributed by atoms with Crippen LogP contribution in [0.5, 0.6) is 0 Å². The largest absolute Gasteiger partial charge is 0.299 e. The molecule has 3 rings (SSSR count). The summed E-state index contributed by atoms with van der Waals surface area (Å²) in [6.45, 7) is 0. The Morgan fingerprint density at radius 1 is 1.00 bits per heavy atom. The van der Waals surface area contributed by atoms with E-state index in [1.165, 1.54) is 24.5 Å². The van der Waals surface area contributed by atoms with Gasteiger partial charge in [0.05, 0.1) is 16.8 Å². The molecule has 0 saturated carbocycles. The molecule has 116 valence electrons. The fourth-order valence-electron chi connectivity index (χ4n) is 2.14. The first-order valence-electron chi connectivity index (χ1n) is 6.76. The Morgan fingerprint density at radius 2 is 1.70 bits per heavy atom. The van der Waals surface area contributed by atoms with Crippen molar-refractivity contribution >= 4 is 21.8 Å². The number of fused-ring (bicyclic) bond motifs is 1. The third-order valence-corrected chi connectivity index (χ3v) is 4.43. The van der Waals surface area contributed by atoms with Crippen LogP contribution in [0.4, 0.5) is 0 Å². The molecule has 0 aromatic heterocycles. The van der Waals surface area contributed by atoms with Gasteiger partial charge in [0.2, 0.25) is 0 Å². The zero-order valence-corrected chi connectivity index (χ0v) is 12.8. The predicted octanol–water partition coefficient (Wildman–Crippen LogP) is 3.50. The van der Waals surface area contributed by atoms with Crippen molar-refractivity contribution in [3.63, 3.8) is 0 Å². The van der Waals surface area contributed by atoms with Gasteiger partial charge in [-0.2, -0.15) is 8.42 Å². The molecule has 0 radical (unpaired) electrons. The van der Waals surface area contributed by atoms with E-state index in [0.29, 0.717) is 5.70 Å². The molecule has 0 unspecified atom stereocenters. The van der Waals surface area contributed by atoms with Crippen LogP contribution in [0.2, 0.25) is 0 Å². The average molecular weight is 327 g/mol. The molecule has 0 fully saturated rings. The summed E-state index contributed by atoms with van der Waals surface area (Å²) in [5.41, 5.74) is 1.97. The number of hydrogen-bond acceptors (Lipinski definition) is 5. The van der Waals surface area contributed by atoms with E-state index in [-0.39, 0.29) is 4.90 Å². The van der Waals surface area contributed by atoms with Crippen LogP contribution in [0.3, 0.4) is 0 Å². The summed E-state index contributed by atoms with van der Waals surface area (Å²) in [6, 6.07) is 15.2. The highest BCUT2D eigenvalue weighted by Gasteiger charge is 2.15. The average Bonchev–Trinajstić information content (AvgIpc) is 2.57. The Morgan fingerprint density at radius 3 is 2.48 bits per heavy atom. The van der Waals surface area contributed by atoms with Gasteiger partial charge in [-0.05, 0) is 23.8 Å². The van der Waals surface area contributed by atoms with E-state index >= 15 is 0 Å². The van der Waals surface area contributed by atoms with E-state index in [4.69, 9.17) is 0 Å². The molecule has 1 aliphatic rings. The summed E-state index contributed by atoms with van der Waals surface area (Å²) >= 11 is 0. The maximum Gasteiger partial charge on any atom is 0.299 e. The van der Waals surface area contributed by atoms with E-state index < -0.39 is 10.0 Å². The number of benzene rings is 2. The quantitative estimate of drug-likeness (QED) is 0.875. The molecule has 0 atom stereocenters. The zero-order valence-electron chi connectivity index (χ0n) is 11.9. The van der Waals surface area contributed by atoms with Crippen LogP contribution >= 0.6 is 0 Å². The van der Waals surface area contributed by atoms with Crippen molar-refractivity contribution in [3.05, 3.63) is 78.1 Å². The van der Waals surface area contributed by atoms with Gasteiger partial charge in [0.25, 0.3) is 10.0 Å². The monoisotopic (exact) mass is 327 g/mol. The van der Waals surface area contributed by atoms with Crippen LogP contribution in [0.15, 0.2) is 81.5 Å². The summed E-state index contributed by atoms with van der Waals surface area (Å²) in [6.07, 6.45) is 4.41. The van der Waals surface area contributed by atoms with E-state index in [9.17, 15) is 13.6 Å². The molecular formula is C16H13N3O3S. The Labute approximate surface area is 133 Å². The van der Waals surface area contributed by atoms with Crippen molar-refractivity contribution in [3.8, 4) is 0 Å². The van der Waals surface area contributed by atoms with E-state index in [1.807, 2.05) is 18.2 Å². The van der Waals surface area contributed by atoms with Crippen molar-refractivity contribution in [1.82, 2.24) is 5.06 Å². The van der Waals surface area contributed by atoms with Gasteiger partial charge in [-0.1, -0.05) is 47.0 Å². The third kappa shape index (κ3) is 3.20. The number of sulfonamides is 1. The predicted molar refractivity (Wildman–Crippen MR) is 85.6 cm³/mol. The van der Waals surface area contributed by atoms with Gasteiger partial charge in [-0.15, -0.1) is 5.11 Å². The SMILES string of the molecule is O=S(=O)(N=N/C=C1\c2ccccc2C=CN1O)c1ccccc1. The summed E-state index contributed by atoms with van der Waals surface area (Å²) in [7, 11) is -3.86. The highest BCUT2D eigenvalue weighted by atomic mass is 32.2. The van der Waals surface area contributed by atoms with Gasteiger partial charge in [0.15, 0.2) is 0 Å². The molecule has 23 heavy (non-hydrogen) atoms. The molecule has 0 bridgehead atoms. The molecule has 6 nitrogen and oxygen atoms in total. The summed E-state index contributed by atoms with van der Waals surface area (Å²) < 4.78 is 27.4. The molecule has 1 heterocycles. The molecule has 0 aliphatic carbocycles. The van der Waals surface area contributed by atoms with Gasteiger partial charge >= 0.3 is 0 Å². The molecule has 2 aromatic carbocycles. The van der Waals surface area contributed by atoms with Gasteiger partial charge in [-0.25, -0.2) is 5.06 Å². The highest BCUT2D eigenvalue weighted by molar-refractivity contribution is 7.90. The van der Waals surface area contributed by atoms with Crippen LogP contribution in [0.1, 0.15) is 11.1 Å². The summed E-state index contributed by atoms with van der Waals surface area (Å²) in [4.78, 5) is 0.0620. The minimum Gasteiger partial charge on any atom is -0.284 e. The zero-order chi connectivity index (χ0) is 16.3. The van der Waals surface area contributed by atoms with Crippen molar-refractivity contribution in [2.24, 2.45) is 9.63 Å². The van der Waals surface area contributed by atoms with E-state index in [2.05, 4.69) is 9.63 Å². The van der Waals surface area contributed by atoms with Crippen LogP contribution in [0, 0.1) is 0 Å². The number of hydrogen-bond donors (Lipinski definition) is 1. The Bertz CT molecular complexity index is 903. The lowest BCUT2D eigenvalue weighted by atomic mass is 10.0. The molecule has 0 amide bonds. The van der Waals surface area contributed by atoms with E-state index in [0.717, 1.165) is 16.2 Å². The van der Waals surface area contributed by atoms with Gasteiger partial charge in [0.1, 0.15) is 0 Å². The highest BCUT2D eigenvalue weighted by Crippen LogP contribution is 2.28. The molecule has 0 saturated heterocycles. The Kier molecular flexibility index (Phi) is 4.05. The van der Waals surface area contributed by atoms with Crippen LogP contribution in [0.25, 0.3) is 11.8 Å². The number of hydroxylamine groups is 2. The van der Waals surface area contributed by atoms with Crippen molar-refractivity contribution in [2.75, 3.05) is 0 Å². The standard InChI is InChI=1S/C16H13N3O3S/c20-19-11-10-13-6-4-5-9-15(13)16(19)12-17-18-23(21,22)14-7-2-1-3-8-14/h1-12,20H/b16-12+,18-17?. The maximum absolute atomic E-state index is 12.0. The van der Waals surface area contributed by atoms with E-state index in [1.54, 1.807) is 30.3 Å². The Hall–Kier alpha value is -2.77. The Balaban J connectivity index is 1.92. The summed E-state index contributed by atoms with van der Waals surface area (Å²) in [5, 5.41) is 14.4. The molecule has 7 heteroatoms. The number of rotatable bonds is 3. The number of nitrogens with zero attached hydrogens (tertiary/aromatic N) is 3. The van der Waals surface area contributed by atoms with Gasteiger partial charge in [-0.3, -0.25) is 5.21 Å². The topological polar surface area (TPSA) is 82.3 Å². The molecule has 0 spiro atoms. The van der Waals surface area contributed by atoms with Crippen molar-refractivity contribution in [1.29, 1.82) is 0 Å².